The second kappa shape index (κ2) is 8.72. The van der Waals surface area contributed by atoms with E-state index in [-0.39, 0.29) is 17.1 Å². The van der Waals surface area contributed by atoms with Gasteiger partial charge >= 0.3 is 5.97 Å². The van der Waals surface area contributed by atoms with E-state index < -0.39 is 16.0 Å². The molecule has 0 fully saturated rings. The van der Waals surface area contributed by atoms with Crippen molar-refractivity contribution in [1.82, 2.24) is 4.31 Å². The summed E-state index contributed by atoms with van der Waals surface area (Å²) in [7, 11) is -3.67. The highest BCUT2D eigenvalue weighted by Crippen LogP contribution is 2.25. The predicted octanol–water partition coefficient (Wildman–Crippen LogP) is 3.66. The van der Waals surface area contributed by atoms with E-state index in [9.17, 15) is 13.2 Å². The average molecular weight is 433 g/mol. The van der Waals surface area contributed by atoms with E-state index >= 15 is 0 Å². The van der Waals surface area contributed by atoms with Gasteiger partial charge in [-0.05, 0) is 47.9 Å². The Kier molecular flexibility index (Phi) is 5.85. The van der Waals surface area contributed by atoms with Crippen LogP contribution in [0.1, 0.15) is 32.6 Å². The Morgan fingerprint density at radius 1 is 0.968 bits per heavy atom. The number of ether oxygens (including phenoxy) is 1. The van der Waals surface area contributed by atoms with Crippen LogP contribution in [-0.2, 0) is 34.3 Å². The van der Waals surface area contributed by atoms with Crippen molar-refractivity contribution in [1.29, 1.82) is 5.26 Å². The highest BCUT2D eigenvalue weighted by molar-refractivity contribution is 7.89. The van der Waals surface area contributed by atoms with Crippen LogP contribution in [0.2, 0.25) is 0 Å². The molecule has 0 bridgehead atoms. The summed E-state index contributed by atoms with van der Waals surface area (Å²) in [5.41, 5.74) is 3.49. The fraction of sp³-hybridized carbons (Fsp3) is 0.167. The number of hydrogen-bond donors (Lipinski definition) is 0. The zero-order valence-corrected chi connectivity index (χ0v) is 17.5. The summed E-state index contributed by atoms with van der Waals surface area (Å²) in [4.78, 5) is 12.5. The summed E-state index contributed by atoms with van der Waals surface area (Å²) in [5, 5.41) is 9.12. The van der Waals surface area contributed by atoms with Crippen LogP contribution < -0.4 is 0 Å². The summed E-state index contributed by atoms with van der Waals surface area (Å²) in [5.74, 6) is -0.580. The number of nitrogens with zero attached hydrogens (tertiary/aromatic N) is 2. The van der Waals surface area contributed by atoms with Crippen molar-refractivity contribution in [3.8, 4) is 6.07 Å². The van der Waals surface area contributed by atoms with Gasteiger partial charge in [-0.25, -0.2) is 13.2 Å². The highest BCUT2D eigenvalue weighted by Gasteiger charge is 2.28. The Morgan fingerprint density at radius 3 is 2.39 bits per heavy atom. The first kappa shape index (κ1) is 20.8. The Balaban J connectivity index is 1.45. The second-order valence-corrected chi connectivity index (χ2v) is 9.16. The lowest BCUT2D eigenvalue weighted by molar-refractivity contribution is 0.0472. The maximum absolute atomic E-state index is 13.0. The average Bonchev–Trinajstić information content (AvgIpc) is 2.82. The third-order valence-corrected chi connectivity index (χ3v) is 7.18. The van der Waals surface area contributed by atoms with Crippen LogP contribution in [0.25, 0.3) is 0 Å². The molecule has 0 saturated heterocycles. The number of benzene rings is 3. The van der Waals surface area contributed by atoms with E-state index in [0.717, 1.165) is 5.56 Å². The molecule has 6 nitrogen and oxygen atoms in total. The van der Waals surface area contributed by atoms with Gasteiger partial charge in [0.2, 0.25) is 10.0 Å². The van der Waals surface area contributed by atoms with Crippen molar-refractivity contribution in [3.05, 3.63) is 101 Å². The maximum Gasteiger partial charge on any atom is 0.338 e. The summed E-state index contributed by atoms with van der Waals surface area (Å²) in [6, 6.07) is 22.5. The number of nitriles is 1. The molecule has 0 saturated carbocycles. The van der Waals surface area contributed by atoms with Gasteiger partial charge in [0.15, 0.2) is 0 Å². The van der Waals surface area contributed by atoms with Crippen LogP contribution in [0.3, 0.4) is 0 Å². The van der Waals surface area contributed by atoms with Crippen molar-refractivity contribution < 1.29 is 17.9 Å². The molecule has 1 aliphatic rings. The predicted molar refractivity (Wildman–Crippen MR) is 114 cm³/mol. The van der Waals surface area contributed by atoms with E-state index in [1.54, 1.807) is 24.3 Å². The molecular formula is C24H20N2O4S. The number of esters is 1. The van der Waals surface area contributed by atoms with Gasteiger partial charge in [0.05, 0.1) is 22.1 Å². The Labute approximate surface area is 181 Å². The Hall–Kier alpha value is -3.47. The normalized spacial score (nSPS) is 13.8. The molecule has 31 heavy (non-hydrogen) atoms. The first-order valence-corrected chi connectivity index (χ1v) is 11.2. The Morgan fingerprint density at radius 2 is 1.65 bits per heavy atom. The third-order valence-electron chi connectivity index (χ3n) is 5.32. The molecule has 0 unspecified atom stereocenters. The molecule has 1 heterocycles. The van der Waals surface area contributed by atoms with Gasteiger partial charge < -0.3 is 4.74 Å². The molecule has 3 aromatic carbocycles. The van der Waals surface area contributed by atoms with E-state index in [4.69, 9.17) is 10.00 Å². The van der Waals surface area contributed by atoms with Crippen LogP contribution in [0.5, 0.6) is 0 Å². The van der Waals surface area contributed by atoms with E-state index in [2.05, 4.69) is 6.07 Å². The molecule has 4 rings (SSSR count). The fourth-order valence-corrected chi connectivity index (χ4v) is 4.99. The summed E-state index contributed by atoms with van der Waals surface area (Å²) in [6.07, 6.45) is 0.671. The summed E-state index contributed by atoms with van der Waals surface area (Å²) < 4.78 is 32.8. The van der Waals surface area contributed by atoms with Gasteiger partial charge in [0.25, 0.3) is 0 Å². The molecule has 3 aromatic rings. The molecule has 0 spiro atoms. The lowest BCUT2D eigenvalue weighted by Crippen LogP contribution is -2.35. The largest absolute Gasteiger partial charge is 0.457 e. The standard InChI is InChI=1S/C24H20N2O4S/c25-15-20-6-2-4-8-22(20)17-30-24(27)19-9-11-23(12-10-19)31(28,29)26-14-13-18-5-1-3-7-21(18)16-26/h1-12H,13-14,16-17H2. The van der Waals surface area contributed by atoms with E-state index in [1.165, 1.54) is 34.1 Å². The van der Waals surface area contributed by atoms with Crippen LogP contribution in [0.15, 0.2) is 77.7 Å². The minimum atomic E-state index is -3.67. The van der Waals surface area contributed by atoms with Gasteiger partial charge in [-0.15, -0.1) is 0 Å². The zero-order chi connectivity index (χ0) is 21.8. The first-order valence-electron chi connectivity index (χ1n) is 9.81. The minimum Gasteiger partial charge on any atom is -0.457 e. The molecule has 156 valence electrons. The number of sulfonamides is 1. The topological polar surface area (TPSA) is 87.5 Å². The lowest BCUT2D eigenvalue weighted by atomic mass is 10.0. The number of carbonyl (C=O) groups is 1. The molecule has 0 aromatic heterocycles. The molecular weight excluding hydrogens is 412 g/mol. The van der Waals surface area contributed by atoms with Gasteiger partial charge in [-0.3, -0.25) is 0 Å². The summed E-state index contributed by atoms with van der Waals surface area (Å²) in [6.45, 7) is 0.720. The van der Waals surface area contributed by atoms with E-state index in [0.29, 0.717) is 30.6 Å². The lowest BCUT2D eigenvalue weighted by Gasteiger charge is -2.28. The van der Waals surface area contributed by atoms with Crippen LogP contribution in [-0.4, -0.2) is 25.2 Å². The van der Waals surface area contributed by atoms with Crippen LogP contribution in [0.4, 0.5) is 0 Å². The molecule has 0 N–H and O–H groups in total. The number of fused-ring (bicyclic) bond motifs is 1. The zero-order valence-electron chi connectivity index (χ0n) is 16.7. The van der Waals surface area contributed by atoms with Gasteiger partial charge in [-0.1, -0.05) is 42.5 Å². The van der Waals surface area contributed by atoms with E-state index in [1.807, 2.05) is 24.3 Å². The number of carbonyl (C=O) groups excluding carboxylic acids is 1. The Bertz CT molecular complexity index is 1260. The number of rotatable bonds is 5. The van der Waals surface area contributed by atoms with Crippen molar-refractivity contribution in [2.45, 2.75) is 24.5 Å². The van der Waals surface area contributed by atoms with Crippen LogP contribution in [0, 0.1) is 11.3 Å². The number of hydrogen-bond acceptors (Lipinski definition) is 5. The summed E-state index contributed by atoms with van der Waals surface area (Å²) >= 11 is 0. The molecule has 7 heteroatoms. The molecule has 0 atom stereocenters. The maximum atomic E-state index is 13.0. The van der Waals surface area contributed by atoms with Crippen molar-refractivity contribution >= 4 is 16.0 Å². The smallest absolute Gasteiger partial charge is 0.338 e. The van der Waals surface area contributed by atoms with Gasteiger partial charge in [0.1, 0.15) is 6.61 Å². The SMILES string of the molecule is N#Cc1ccccc1COC(=O)c1ccc(S(=O)(=O)N2CCc3ccccc3C2)cc1. The van der Waals surface area contributed by atoms with Gasteiger partial charge in [0, 0.05) is 18.7 Å². The first-order chi connectivity index (χ1) is 15.0. The van der Waals surface area contributed by atoms with Crippen molar-refractivity contribution in [2.24, 2.45) is 0 Å². The second-order valence-electron chi connectivity index (χ2n) is 7.23. The molecule has 0 radical (unpaired) electrons. The monoisotopic (exact) mass is 432 g/mol. The molecule has 0 amide bonds. The third kappa shape index (κ3) is 4.36. The molecule has 0 aliphatic carbocycles. The highest BCUT2D eigenvalue weighted by atomic mass is 32.2. The minimum absolute atomic E-state index is 0.0319. The quantitative estimate of drug-likeness (QED) is 0.574. The van der Waals surface area contributed by atoms with Gasteiger partial charge in [-0.2, -0.15) is 9.57 Å². The van der Waals surface area contributed by atoms with Crippen LogP contribution >= 0.6 is 0 Å². The van der Waals surface area contributed by atoms with Crippen molar-refractivity contribution in [2.75, 3.05) is 6.54 Å². The fourth-order valence-electron chi connectivity index (χ4n) is 3.57. The molecule has 1 aliphatic heterocycles. The van der Waals surface area contributed by atoms with Crippen molar-refractivity contribution in [3.63, 3.8) is 0 Å².